The van der Waals surface area contributed by atoms with Crippen LogP contribution < -0.4 is 16.0 Å². The minimum atomic E-state index is -1.07. The van der Waals surface area contributed by atoms with E-state index in [1.807, 2.05) is 49.4 Å². The maximum Gasteiger partial charge on any atom is 0.405 e. The highest BCUT2D eigenvalue weighted by atomic mass is 16.4. The van der Waals surface area contributed by atoms with E-state index in [1.165, 1.54) is 6.92 Å². The third-order valence-corrected chi connectivity index (χ3v) is 4.84. The van der Waals surface area contributed by atoms with Gasteiger partial charge in [0.05, 0.1) is 6.04 Å². The predicted molar refractivity (Wildman–Crippen MR) is 101 cm³/mol. The number of carboxylic acid groups (broad SMARTS) is 1. The summed E-state index contributed by atoms with van der Waals surface area (Å²) < 4.78 is 0. The summed E-state index contributed by atoms with van der Waals surface area (Å²) in [7, 11) is 0. The van der Waals surface area contributed by atoms with Gasteiger partial charge in [-0.1, -0.05) is 30.3 Å². The van der Waals surface area contributed by atoms with Crippen molar-refractivity contribution in [3.8, 4) is 11.1 Å². The van der Waals surface area contributed by atoms with Crippen molar-refractivity contribution in [3.05, 3.63) is 53.6 Å². The predicted octanol–water partition coefficient (Wildman–Crippen LogP) is 3.27. The monoisotopic (exact) mass is 353 g/mol. The maximum absolute atomic E-state index is 12.1. The van der Waals surface area contributed by atoms with Crippen LogP contribution in [-0.2, 0) is 11.3 Å². The first-order valence-corrected chi connectivity index (χ1v) is 8.63. The topological polar surface area (TPSA) is 95.7 Å². The summed E-state index contributed by atoms with van der Waals surface area (Å²) in [6, 6.07) is 13.3. The first-order chi connectivity index (χ1) is 12.4. The Morgan fingerprint density at radius 3 is 2.42 bits per heavy atom. The number of hydrogen-bond donors (Lipinski definition) is 3. The summed E-state index contributed by atoms with van der Waals surface area (Å²) in [5.41, 5.74) is 10.3. The number of nitrogens with two attached hydrogens (primary N) is 1. The van der Waals surface area contributed by atoms with Gasteiger partial charge in [-0.05, 0) is 47.7 Å². The molecule has 26 heavy (non-hydrogen) atoms. The number of benzene rings is 2. The van der Waals surface area contributed by atoms with Gasteiger partial charge in [0, 0.05) is 25.2 Å². The molecule has 0 radical (unpaired) electrons. The molecule has 0 saturated heterocycles. The SMILES string of the molecule is CC(=O)N1c2ccc(-c3ccc(CN)cc3)cc2[C@@H](NC(=O)O)C[C@H]1C. The largest absolute Gasteiger partial charge is 0.465 e. The highest BCUT2D eigenvalue weighted by molar-refractivity contribution is 5.94. The van der Waals surface area contributed by atoms with E-state index in [0.717, 1.165) is 27.9 Å². The second-order valence-corrected chi connectivity index (χ2v) is 6.65. The van der Waals surface area contributed by atoms with E-state index in [4.69, 9.17) is 5.73 Å². The number of hydrogen-bond acceptors (Lipinski definition) is 3. The Kier molecular flexibility index (Phi) is 4.95. The summed E-state index contributed by atoms with van der Waals surface area (Å²) in [4.78, 5) is 25.1. The lowest BCUT2D eigenvalue weighted by atomic mass is 9.89. The molecule has 6 nitrogen and oxygen atoms in total. The number of anilines is 1. The van der Waals surface area contributed by atoms with Crippen LogP contribution >= 0.6 is 0 Å². The van der Waals surface area contributed by atoms with Crippen LogP contribution in [0.2, 0.25) is 0 Å². The van der Waals surface area contributed by atoms with Crippen molar-refractivity contribution in [2.75, 3.05) is 4.90 Å². The van der Waals surface area contributed by atoms with E-state index in [2.05, 4.69) is 5.32 Å². The molecule has 0 fully saturated rings. The van der Waals surface area contributed by atoms with Crippen LogP contribution in [0.25, 0.3) is 11.1 Å². The number of carbonyl (C=O) groups is 2. The normalized spacial score (nSPS) is 19.0. The van der Waals surface area contributed by atoms with Gasteiger partial charge in [0.25, 0.3) is 0 Å². The van der Waals surface area contributed by atoms with Crippen LogP contribution in [0, 0.1) is 0 Å². The van der Waals surface area contributed by atoms with E-state index < -0.39 is 6.09 Å². The summed E-state index contributed by atoms with van der Waals surface area (Å²) in [6.07, 6.45) is -0.531. The fraction of sp³-hybridized carbons (Fsp3) is 0.300. The van der Waals surface area contributed by atoms with E-state index >= 15 is 0 Å². The van der Waals surface area contributed by atoms with Crippen LogP contribution in [-0.4, -0.2) is 23.1 Å². The number of nitrogens with zero attached hydrogens (tertiary/aromatic N) is 1. The molecule has 2 atom stereocenters. The standard InChI is InChI=1S/C20H23N3O3/c1-12-9-18(22-20(25)26)17-10-16(7-8-19(17)23(12)13(2)24)15-5-3-14(11-21)4-6-15/h3-8,10,12,18,22H,9,11,21H2,1-2H3,(H,25,26)/t12-,18+/m1/s1. The van der Waals surface area contributed by atoms with Crippen molar-refractivity contribution in [2.24, 2.45) is 5.73 Å². The molecular weight excluding hydrogens is 330 g/mol. The first kappa shape index (κ1) is 17.9. The zero-order chi connectivity index (χ0) is 18.8. The van der Waals surface area contributed by atoms with Crippen LogP contribution in [0.5, 0.6) is 0 Å². The van der Waals surface area contributed by atoms with Gasteiger partial charge in [0.1, 0.15) is 0 Å². The molecule has 1 heterocycles. The lowest BCUT2D eigenvalue weighted by Crippen LogP contribution is -2.45. The summed E-state index contributed by atoms with van der Waals surface area (Å²) >= 11 is 0. The van der Waals surface area contributed by atoms with Crippen molar-refractivity contribution < 1.29 is 14.7 Å². The Hall–Kier alpha value is -2.86. The van der Waals surface area contributed by atoms with Crippen molar-refractivity contribution in [1.29, 1.82) is 0 Å². The highest BCUT2D eigenvalue weighted by Crippen LogP contribution is 2.39. The molecule has 2 amide bonds. The molecule has 0 aromatic heterocycles. The van der Waals surface area contributed by atoms with Crippen molar-refractivity contribution in [3.63, 3.8) is 0 Å². The summed E-state index contributed by atoms with van der Waals surface area (Å²) in [5, 5.41) is 11.8. The van der Waals surface area contributed by atoms with Gasteiger partial charge in [-0.3, -0.25) is 4.79 Å². The number of rotatable bonds is 3. The van der Waals surface area contributed by atoms with Gasteiger partial charge < -0.3 is 21.1 Å². The van der Waals surface area contributed by atoms with E-state index in [0.29, 0.717) is 13.0 Å². The van der Waals surface area contributed by atoms with E-state index in [9.17, 15) is 14.7 Å². The molecule has 0 spiro atoms. The third-order valence-electron chi connectivity index (χ3n) is 4.84. The van der Waals surface area contributed by atoms with Gasteiger partial charge in [-0.15, -0.1) is 0 Å². The van der Waals surface area contributed by atoms with Crippen LogP contribution in [0.1, 0.15) is 37.4 Å². The molecule has 4 N–H and O–H groups in total. The van der Waals surface area contributed by atoms with E-state index in [-0.39, 0.29) is 18.0 Å². The highest BCUT2D eigenvalue weighted by Gasteiger charge is 2.33. The average molecular weight is 353 g/mol. The quantitative estimate of drug-likeness (QED) is 0.789. The minimum absolute atomic E-state index is 0.0485. The van der Waals surface area contributed by atoms with Gasteiger partial charge in [-0.25, -0.2) is 4.79 Å². The van der Waals surface area contributed by atoms with Gasteiger partial charge >= 0.3 is 6.09 Å². The number of nitrogens with one attached hydrogen (secondary N) is 1. The molecule has 1 aliphatic heterocycles. The molecule has 3 rings (SSSR count). The lowest BCUT2D eigenvalue weighted by Gasteiger charge is -2.39. The van der Waals surface area contributed by atoms with Crippen molar-refractivity contribution in [2.45, 2.75) is 38.9 Å². The molecule has 6 heteroatoms. The number of carbonyl (C=O) groups excluding carboxylic acids is 1. The third kappa shape index (κ3) is 3.41. The first-order valence-electron chi connectivity index (χ1n) is 8.63. The number of fused-ring (bicyclic) bond motifs is 1. The molecule has 136 valence electrons. The van der Waals surface area contributed by atoms with Crippen molar-refractivity contribution in [1.82, 2.24) is 5.32 Å². The second-order valence-electron chi connectivity index (χ2n) is 6.65. The zero-order valence-corrected chi connectivity index (χ0v) is 14.9. The molecule has 0 unspecified atom stereocenters. The average Bonchev–Trinajstić information content (AvgIpc) is 2.60. The second kappa shape index (κ2) is 7.17. The van der Waals surface area contributed by atoms with Gasteiger partial charge in [0.15, 0.2) is 0 Å². The Morgan fingerprint density at radius 1 is 1.19 bits per heavy atom. The van der Waals surface area contributed by atoms with Gasteiger partial charge in [-0.2, -0.15) is 0 Å². The Labute approximate surface area is 152 Å². The Balaban J connectivity index is 2.07. The van der Waals surface area contributed by atoms with Crippen LogP contribution in [0.15, 0.2) is 42.5 Å². The summed E-state index contributed by atoms with van der Waals surface area (Å²) in [6.45, 7) is 3.95. The Morgan fingerprint density at radius 2 is 1.85 bits per heavy atom. The Bertz CT molecular complexity index is 833. The van der Waals surface area contributed by atoms with Crippen molar-refractivity contribution >= 4 is 17.7 Å². The van der Waals surface area contributed by atoms with Crippen LogP contribution in [0.4, 0.5) is 10.5 Å². The molecule has 1 aliphatic rings. The fourth-order valence-electron chi connectivity index (χ4n) is 3.64. The van der Waals surface area contributed by atoms with Gasteiger partial charge in [0.2, 0.25) is 5.91 Å². The molecular formula is C20H23N3O3. The van der Waals surface area contributed by atoms with E-state index in [1.54, 1.807) is 4.90 Å². The molecule has 0 bridgehead atoms. The lowest BCUT2D eigenvalue weighted by molar-refractivity contribution is -0.117. The smallest absolute Gasteiger partial charge is 0.405 e. The maximum atomic E-state index is 12.1. The molecule has 0 aliphatic carbocycles. The zero-order valence-electron chi connectivity index (χ0n) is 14.9. The molecule has 2 aromatic rings. The fourth-order valence-corrected chi connectivity index (χ4v) is 3.64. The minimum Gasteiger partial charge on any atom is -0.465 e. The summed E-state index contributed by atoms with van der Waals surface area (Å²) in [5.74, 6) is -0.0485. The molecule has 0 saturated carbocycles. The van der Waals surface area contributed by atoms with Crippen LogP contribution in [0.3, 0.4) is 0 Å². The number of amides is 2. The molecule has 2 aromatic carbocycles.